The normalized spacial score (nSPS) is 17.0. The van der Waals surface area contributed by atoms with E-state index in [0.717, 1.165) is 36.3 Å². The molecule has 0 saturated carbocycles. The molecule has 1 aliphatic heterocycles. The van der Waals surface area contributed by atoms with Crippen molar-refractivity contribution in [2.75, 3.05) is 34.3 Å². The lowest BCUT2D eigenvalue weighted by Crippen LogP contribution is -2.34. The van der Waals surface area contributed by atoms with Crippen LogP contribution in [0.4, 0.5) is 0 Å². The molecule has 1 fully saturated rings. The smallest absolute Gasteiger partial charge is 0.254 e. The molecule has 6 heteroatoms. The van der Waals surface area contributed by atoms with Crippen LogP contribution in [0.15, 0.2) is 46.9 Å². The first-order chi connectivity index (χ1) is 13.0. The van der Waals surface area contributed by atoms with Crippen molar-refractivity contribution in [3.05, 3.63) is 48.0 Å². The number of methoxy groups -OCH3 is 1. The minimum atomic E-state index is 0.0422. The molecule has 140 valence electrons. The molecule has 1 atom stereocenters. The van der Waals surface area contributed by atoms with Crippen LogP contribution in [0.5, 0.6) is 5.75 Å². The van der Waals surface area contributed by atoms with E-state index in [-0.39, 0.29) is 5.91 Å². The molecule has 1 unspecified atom stereocenters. The van der Waals surface area contributed by atoms with Crippen LogP contribution in [-0.4, -0.2) is 61.0 Å². The first kappa shape index (κ1) is 17.5. The van der Waals surface area contributed by atoms with Gasteiger partial charge in [-0.15, -0.1) is 0 Å². The maximum Gasteiger partial charge on any atom is 0.254 e. The monoisotopic (exact) mass is 365 g/mol. The number of carbonyl (C=O) groups excluding carboxylic acids is 1. The van der Waals surface area contributed by atoms with Gasteiger partial charge in [0, 0.05) is 30.3 Å². The molecule has 0 spiro atoms. The van der Waals surface area contributed by atoms with Crippen molar-refractivity contribution in [1.82, 2.24) is 14.8 Å². The third kappa shape index (κ3) is 3.40. The van der Waals surface area contributed by atoms with Crippen molar-refractivity contribution in [1.29, 1.82) is 0 Å². The molecule has 0 N–H and O–H groups in total. The number of aromatic nitrogens is 1. The average Bonchev–Trinajstić information content (AvgIpc) is 3.34. The van der Waals surface area contributed by atoms with Crippen LogP contribution in [0.2, 0.25) is 0 Å². The average molecular weight is 365 g/mol. The fourth-order valence-corrected chi connectivity index (χ4v) is 3.47. The number of amides is 1. The summed E-state index contributed by atoms with van der Waals surface area (Å²) in [5, 5.41) is 0. The summed E-state index contributed by atoms with van der Waals surface area (Å²) in [6.07, 6.45) is 1.00. The lowest BCUT2D eigenvalue weighted by molar-refractivity contribution is 0.0783. The summed E-state index contributed by atoms with van der Waals surface area (Å²) in [6.45, 7) is 1.54. The largest absolute Gasteiger partial charge is 0.497 e. The number of hydrogen-bond donors (Lipinski definition) is 0. The lowest BCUT2D eigenvalue weighted by Gasteiger charge is -2.20. The van der Waals surface area contributed by atoms with Crippen LogP contribution < -0.4 is 4.74 Å². The van der Waals surface area contributed by atoms with Crippen molar-refractivity contribution < 1.29 is 13.9 Å². The Bertz CT molecular complexity index is 980. The topological polar surface area (TPSA) is 58.8 Å². The molecule has 1 amide bonds. The molecule has 3 aromatic rings. The molecule has 0 radical (unpaired) electrons. The van der Waals surface area contributed by atoms with Gasteiger partial charge in [-0.2, -0.15) is 0 Å². The molecule has 1 saturated heterocycles. The Morgan fingerprint density at radius 1 is 1.26 bits per heavy atom. The minimum Gasteiger partial charge on any atom is -0.497 e. The summed E-state index contributed by atoms with van der Waals surface area (Å²) in [5.74, 6) is 1.30. The van der Waals surface area contributed by atoms with Crippen molar-refractivity contribution >= 4 is 17.0 Å². The van der Waals surface area contributed by atoms with Gasteiger partial charge in [0.05, 0.1) is 7.11 Å². The highest BCUT2D eigenvalue weighted by atomic mass is 16.5. The Morgan fingerprint density at radius 3 is 2.85 bits per heavy atom. The highest BCUT2D eigenvalue weighted by molar-refractivity contribution is 5.97. The zero-order valence-electron chi connectivity index (χ0n) is 15.8. The van der Waals surface area contributed by atoms with Crippen LogP contribution >= 0.6 is 0 Å². The number of carbonyl (C=O) groups is 1. The Hall–Kier alpha value is -2.86. The summed E-state index contributed by atoms with van der Waals surface area (Å²) < 4.78 is 11.2. The van der Waals surface area contributed by atoms with Gasteiger partial charge in [-0.05, 0) is 56.9 Å². The predicted molar refractivity (Wildman–Crippen MR) is 104 cm³/mol. The Labute approximate surface area is 158 Å². The number of benzene rings is 2. The molecule has 0 aliphatic carbocycles. The van der Waals surface area contributed by atoms with E-state index < -0.39 is 0 Å². The molecule has 4 rings (SSSR count). The van der Waals surface area contributed by atoms with Gasteiger partial charge in [-0.3, -0.25) is 4.79 Å². The fraction of sp³-hybridized carbons (Fsp3) is 0.333. The number of oxazole rings is 1. The molecule has 1 aliphatic rings. The van der Waals surface area contributed by atoms with Crippen molar-refractivity contribution in [3.63, 3.8) is 0 Å². The van der Waals surface area contributed by atoms with E-state index in [9.17, 15) is 4.79 Å². The van der Waals surface area contributed by atoms with Gasteiger partial charge in [-0.25, -0.2) is 4.98 Å². The van der Waals surface area contributed by atoms with Gasteiger partial charge < -0.3 is 19.0 Å². The van der Waals surface area contributed by atoms with Crippen LogP contribution in [0.1, 0.15) is 16.8 Å². The Morgan fingerprint density at radius 2 is 2.11 bits per heavy atom. The molecule has 2 aromatic carbocycles. The van der Waals surface area contributed by atoms with E-state index in [1.165, 1.54) is 0 Å². The quantitative estimate of drug-likeness (QED) is 0.710. The SMILES string of the molecule is COc1cccc(-c2nc3ccc(C(=O)N4CCC(N(C)C)C4)cc3o2)c1. The summed E-state index contributed by atoms with van der Waals surface area (Å²) in [5.41, 5.74) is 2.82. The minimum absolute atomic E-state index is 0.0422. The van der Waals surface area contributed by atoms with Crippen LogP contribution in [0.25, 0.3) is 22.6 Å². The van der Waals surface area contributed by atoms with Crippen LogP contribution in [-0.2, 0) is 0 Å². The van der Waals surface area contributed by atoms with E-state index >= 15 is 0 Å². The van der Waals surface area contributed by atoms with Gasteiger partial charge in [0.25, 0.3) is 5.91 Å². The highest BCUT2D eigenvalue weighted by Crippen LogP contribution is 2.28. The van der Waals surface area contributed by atoms with E-state index in [0.29, 0.717) is 23.1 Å². The van der Waals surface area contributed by atoms with Crippen LogP contribution in [0, 0.1) is 0 Å². The third-order valence-corrected chi connectivity index (χ3v) is 5.13. The summed E-state index contributed by atoms with van der Waals surface area (Å²) in [7, 11) is 5.74. The maximum absolute atomic E-state index is 12.8. The standard InChI is InChI=1S/C21H23N3O3/c1-23(2)16-9-10-24(13-16)21(25)15-7-8-18-19(12-15)27-20(22-18)14-5-4-6-17(11-14)26-3/h4-8,11-12,16H,9-10,13H2,1-3H3. The molecule has 1 aromatic heterocycles. The second-order valence-corrected chi connectivity index (χ2v) is 7.09. The Balaban J connectivity index is 1.60. The number of ether oxygens (including phenoxy) is 1. The van der Waals surface area contributed by atoms with Crippen molar-refractivity contribution in [2.45, 2.75) is 12.5 Å². The molecular weight excluding hydrogens is 342 g/mol. The van der Waals surface area contributed by atoms with E-state index in [4.69, 9.17) is 9.15 Å². The van der Waals surface area contributed by atoms with Crippen LogP contribution in [0.3, 0.4) is 0 Å². The van der Waals surface area contributed by atoms with Crippen molar-refractivity contribution in [2.24, 2.45) is 0 Å². The van der Waals surface area contributed by atoms with Gasteiger partial charge in [0.2, 0.25) is 5.89 Å². The number of likely N-dealkylation sites (N-methyl/N-ethyl adjacent to an activating group) is 1. The molecule has 6 nitrogen and oxygen atoms in total. The summed E-state index contributed by atoms with van der Waals surface area (Å²) in [6, 6.07) is 13.4. The zero-order chi connectivity index (χ0) is 19.0. The number of hydrogen-bond acceptors (Lipinski definition) is 5. The molecular formula is C21H23N3O3. The number of nitrogens with zero attached hydrogens (tertiary/aromatic N) is 3. The van der Waals surface area contributed by atoms with Gasteiger partial charge in [0.1, 0.15) is 11.3 Å². The predicted octanol–water partition coefficient (Wildman–Crippen LogP) is 3.28. The second-order valence-electron chi connectivity index (χ2n) is 7.09. The zero-order valence-corrected chi connectivity index (χ0v) is 15.8. The van der Waals surface area contributed by atoms with Crippen molar-refractivity contribution in [3.8, 4) is 17.2 Å². The van der Waals surface area contributed by atoms with E-state index in [1.807, 2.05) is 41.3 Å². The lowest BCUT2D eigenvalue weighted by atomic mass is 10.2. The number of rotatable bonds is 4. The Kier molecular flexibility index (Phi) is 4.58. The summed E-state index contributed by atoms with van der Waals surface area (Å²) in [4.78, 5) is 21.5. The van der Waals surface area contributed by atoms with Gasteiger partial charge in [0.15, 0.2) is 5.58 Å². The maximum atomic E-state index is 12.8. The fourth-order valence-electron chi connectivity index (χ4n) is 3.47. The molecule has 0 bridgehead atoms. The van der Waals surface area contributed by atoms with E-state index in [1.54, 1.807) is 13.2 Å². The second kappa shape index (κ2) is 7.04. The molecule has 2 heterocycles. The third-order valence-electron chi connectivity index (χ3n) is 5.13. The number of fused-ring (bicyclic) bond motifs is 1. The van der Waals surface area contributed by atoms with Gasteiger partial charge >= 0.3 is 0 Å². The number of likely N-dealkylation sites (tertiary alicyclic amines) is 1. The summed E-state index contributed by atoms with van der Waals surface area (Å²) >= 11 is 0. The van der Waals surface area contributed by atoms with E-state index in [2.05, 4.69) is 24.0 Å². The van der Waals surface area contributed by atoms with Gasteiger partial charge in [-0.1, -0.05) is 6.07 Å². The molecule has 27 heavy (non-hydrogen) atoms. The first-order valence-electron chi connectivity index (χ1n) is 9.06. The first-order valence-corrected chi connectivity index (χ1v) is 9.06. The highest BCUT2D eigenvalue weighted by Gasteiger charge is 2.28.